The number of halogens is 1. The lowest BCUT2D eigenvalue weighted by Gasteiger charge is -2.07. The lowest BCUT2D eigenvalue weighted by Crippen LogP contribution is -2.29. The maximum absolute atomic E-state index is 12.4. The Bertz CT molecular complexity index is 1220. The van der Waals surface area contributed by atoms with E-state index in [0.29, 0.717) is 33.8 Å². The van der Waals surface area contributed by atoms with E-state index >= 15 is 0 Å². The van der Waals surface area contributed by atoms with E-state index in [1.165, 1.54) is 22.0 Å². The van der Waals surface area contributed by atoms with Crippen LogP contribution in [0, 0.1) is 0 Å². The van der Waals surface area contributed by atoms with E-state index in [1.807, 2.05) is 24.5 Å². The number of nitrogens with two attached hydrogens (primary N) is 1. The van der Waals surface area contributed by atoms with Crippen LogP contribution in [0.25, 0.3) is 22.8 Å². The molecule has 4 rings (SSSR count). The van der Waals surface area contributed by atoms with Gasteiger partial charge in [-0.25, -0.2) is 4.68 Å². The molecule has 0 unspecified atom stereocenters. The largest absolute Gasteiger partial charge is 0.383 e. The number of thioether (sulfide) groups is 1. The van der Waals surface area contributed by atoms with Crippen LogP contribution in [0.5, 0.6) is 0 Å². The molecule has 8 nitrogen and oxygen atoms in total. The minimum Gasteiger partial charge on any atom is -0.383 e. The van der Waals surface area contributed by atoms with Gasteiger partial charge in [0.05, 0.1) is 0 Å². The molecule has 0 aliphatic heterocycles. The summed E-state index contributed by atoms with van der Waals surface area (Å²) in [4.78, 5) is 16.9. The third kappa shape index (κ3) is 5.55. The van der Waals surface area contributed by atoms with E-state index in [4.69, 9.17) is 21.9 Å². The lowest BCUT2D eigenvalue weighted by molar-refractivity contribution is -0.121. The van der Waals surface area contributed by atoms with Crippen LogP contribution in [0.3, 0.4) is 0 Å². The van der Waals surface area contributed by atoms with Gasteiger partial charge in [-0.2, -0.15) is 10.1 Å². The zero-order valence-corrected chi connectivity index (χ0v) is 19.6. The van der Waals surface area contributed by atoms with Crippen molar-refractivity contribution >= 4 is 35.1 Å². The fourth-order valence-corrected chi connectivity index (χ4v) is 4.02. The van der Waals surface area contributed by atoms with Crippen LogP contribution in [-0.2, 0) is 17.8 Å². The summed E-state index contributed by atoms with van der Waals surface area (Å²) in [6, 6.07) is 17.3. The van der Waals surface area contributed by atoms with Crippen LogP contribution in [0.2, 0.25) is 5.02 Å². The molecule has 33 heavy (non-hydrogen) atoms. The summed E-state index contributed by atoms with van der Waals surface area (Å²) < 4.78 is 6.92. The predicted molar refractivity (Wildman–Crippen MR) is 130 cm³/mol. The van der Waals surface area contributed by atoms with Gasteiger partial charge in [0.1, 0.15) is 23.0 Å². The topological polar surface area (TPSA) is 112 Å². The smallest absolute Gasteiger partial charge is 0.264 e. The molecule has 1 amide bonds. The van der Waals surface area contributed by atoms with Crippen LogP contribution >= 0.6 is 23.4 Å². The predicted octanol–water partition coefficient (Wildman–Crippen LogP) is 4.31. The van der Waals surface area contributed by atoms with E-state index in [0.717, 1.165) is 18.4 Å². The second kappa shape index (κ2) is 10.5. The number of amides is 1. The number of carbonyl (C=O) groups excluding carboxylic acids is 1. The zero-order valence-electron chi connectivity index (χ0n) is 18.0. The van der Waals surface area contributed by atoms with E-state index in [9.17, 15) is 4.79 Å². The van der Waals surface area contributed by atoms with Gasteiger partial charge in [0.25, 0.3) is 5.89 Å². The molecule has 0 saturated heterocycles. The number of hydrogen-bond donors (Lipinski definition) is 2. The third-order valence-electron chi connectivity index (χ3n) is 5.00. The fourth-order valence-electron chi connectivity index (χ4n) is 3.31. The molecule has 170 valence electrons. The lowest BCUT2D eigenvalue weighted by atomic mass is 10.1. The Labute approximate surface area is 200 Å². The number of rotatable bonds is 9. The molecule has 2 aromatic heterocycles. The van der Waals surface area contributed by atoms with Crippen molar-refractivity contribution in [3.8, 4) is 22.8 Å². The first-order valence-electron chi connectivity index (χ1n) is 10.4. The van der Waals surface area contributed by atoms with Gasteiger partial charge in [-0.1, -0.05) is 47.1 Å². The standard InChI is InChI=1S/C23H23ClN6O2S/c1-33-23-19(22-27-21(29-32-22)16-9-11-17(24)12-10-16)20(25)30(28-23)14-18(31)26-13-5-8-15-6-3-2-4-7-15/h2-4,6-7,9-12H,5,8,13-14,25H2,1H3,(H,26,31). The Morgan fingerprint density at radius 2 is 1.94 bits per heavy atom. The number of carbonyl (C=O) groups is 1. The van der Waals surface area contributed by atoms with Crippen LogP contribution in [0.1, 0.15) is 12.0 Å². The van der Waals surface area contributed by atoms with Crippen LogP contribution in [0.15, 0.2) is 64.1 Å². The van der Waals surface area contributed by atoms with E-state index in [2.05, 4.69) is 32.7 Å². The van der Waals surface area contributed by atoms with Gasteiger partial charge in [0.15, 0.2) is 0 Å². The molecule has 4 aromatic rings. The number of nitrogens with one attached hydrogen (secondary N) is 1. The number of aryl methyl sites for hydroxylation is 1. The summed E-state index contributed by atoms with van der Waals surface area (Å²) in [5, 5.41) is 12.7. The highest BCUT2D eigenvalue weighted by Crippen LogP contribution is 2.34. The summed E-state index contributed by atoms with van der Waals surface area (Å²) in [5.41, 5.74) is 8.85. The first-order chi connectivity index (χ1) is 16.0. The molecule has 2 heterocycles. The maximum atomic E-state index is 12.4. The minimum absolute atomic E-state index is 0.00289. The van der Waals surface area contributed by atoms with E-state index < -0.39 is 0 Å². The summed E-state index contributed by atoms with van der Waals surface area (Å²) >= 11 is 7.34. The highest BCUT2D eigenvalue weighted by atomic mass is 35.5. The monoisotopic (exact) mass is 482 g/mol. The first-order valence-corrected chi connectivity index (χ1v) is 12.0. The second-order valence-electron chi connectivity index (χ2n) is 7.30. The molecule has 0 spiro atoms. The summed E-state index contributed by atoms with van der Waals surface area (Å²) in [6.45, 7) is 0.578. The van der Waals surface area contributed by atoms with Crippen molar-refractivity contribution in [3.63, 3.8) is 0 Å². The highest BCUT2D eigenvalue weighted by molar-refractivity contribution is 7.98. The summed E-state index contributed by atoms with van der Waals surface area (Å²) in [7, 11) is 0. The summed E-state index contributed by atoms with van der Waals surface area (Å²) in [6.07, 6.45) is 3.62. The van der Waals surface area contributed by atoms with Crippen molar-refractivity contribution in [2.45, 2.75) is 24.4 Å². The van der Waals surface area contributed by atoms with Crippen molar-refractivity contribution in [1.82, 2.24) is 25.2 Å². The van der Waals surface area contributed by atoms with Gasteiger partial charge in [-0.05, 0) is 48.9 Å². The fraction of sp³-hybridized carbons (Fsp3) is 0.217. The van der Waals surface area contributed by atoms with Crippen LogP contribution in [0.4, 0.5) is 5.82 Å². The van der Waals surface area contributed by atoms with Gasteiger partial charge in [0.2, 0.25) is 11.7 Å². The molecule has 10 heteroatoms. The number of nitrogens with zero attached hydrogens (tertiary/aromatic N) is 4. The van der Waals surface area contributed by atoms with Crippen LogP contribution < -0.4 is 11.1 Å². The maximum Gasteiger partial charge on any atom is 0.264 e. The van der Waals surface area contributed by atoms with Gasteiger partial charge in [0, 0.05) is 17.1 Å². The number of hydrogen-bond acceptors (Lipinski definition) is 7. The average molecular weight is 483 g/mol. The Morgan fingerprint density at radius 1 is 1.18 bits per heavy atom. The summed E-state index contributed by atoms with van der Waals surface area (Å²) in [5.74, 6) is 0.794. The average Bonchev–Trinajstić information content (AvgIpc) is 3.42. The second-order valence-corrected chi connectivity index (χ2v) is 8.53. The molecule has 0 aliphatic carbocycles. The van der Waals surface area contributed by atoms with Gasteiger partial charge in [-0.3, -0.25) is 4.79 Å². The Balaban J connectivity index is 1.42. The Kier molecular flexibility index (Phi) is 7.31. The molecule has 0 bridgehead atoms. The molecule has 0 fully saturated rings. The third-order valence-corrected chi connectivity index (χ3v) is 5.92. The molecular weight excluding hydrogens is 460 g/mol. The number of anilines is 1. The van der Waals surface area contributed by atoms with E-state index in [1.54, 1.807) is 24.3 Å². The quantitative estimate of drug-likeness (QED) is 0.270. The molecule has 0 atom stereocenters. The van der Waals surface area contributed by atoms with E-state index in [-0.39, 0.29) is 18.3 Å². The molecule has 0 saturated carbocycles. The van der Waals surface area contributed by atoms with Crippen LogP contribution in [-0.4, -0.2) is 38.6 Å². The van der Waals surface area contributed by atoms with Crippen molar-refractivity contribution in [3.05, 3.63) is 65.2 Å². The Morgan fingerprint density at radius 3 is 2.67 bits per heavy atom. The van der Waals surface area contributed by atoms with Gasteiger partial charge in [-0.15, -0.1) is 11.8 Å². The minimum atomic E-state index is -0.163. The number of nitrogen functional groups attached to an aromatic ring is 1. The first kappa shape index (κ1) is 22.9. The molecule has 2 aromatic carbocycles. The van der Waals surface area contributed by atoms with Gasteiger partial charge >= 0.3 is 0 Å². The molecular formula is C23H23ClN6O2S. The molecule has 0 radical (unpaired) electrons. The normalized spacial score (nSPS) is 11.0. The molecule has 3 N–H and O–H groups in total. The van der Waals surface area contributed by atoms with Crippen molar-refractivity contribution in [1.29, 1.82) is 0 Å². The van der Waals surface area contributed by atoms with Gasteiger partial charge < -0.3 is 15.6 Å². The van der Waals surface area contributed by atoms with Crippen molar-refractivity contribution in [2.75, 3.05) is 18.5 Å². The highest BCUT2D eigenvalue weighted by Gasteiger charge is 2.23. The SMILES string of the molecule is CSc1nn(CC(=O)NCCCc2ccccc2)c(N)c1-c1nc(-c2ccc(Cl)cc2)no1. The zero-order chi connectivity index (χ0) is 23.2. The number of aromatic nitrogens is 4. The van der Waals surface area contributed by atoms with Crippen molar-refractivity contribution in [2.24, 2.45) is 0 Å². The number of benzene rings is 2. The Hall–Kier alpha value is -3.30. The van der Waals surface area contributed by atoms with Crippen molar-refractivity contribution < 1.29 is 9.32 Å². The molecule has 0 aliphatic rings.